The molecule has 1 aliphatic rings. The van der Waals surface area contributed by atoms with E-state index in [-0.39, 0.29) is 0 Å². The number of aryl methyl sites for hydroxylation is 1. The zero-order valence-corrected chi connectivity index (χ0v) is 9.29. The molecule has 0 aliphatic carbocycles. The van der Waals surface area contributed by atoms with Gasteiger partial charge in [-0.05, 0) is 50.0 Å². The molecule has 2 heterocycles. The van der Waals surface area contributed by atoms with E-state index in [1.165, 1.54) is 24.0 Å². The van der Waals surface area contributed by atoms with E-state index in [0.29, 0.717) is 6.04 Å². The maximum absolute atomic E-state index is 4.10. The molecule has 3 heteroatoms. The van der Waals surface area contributed by atoms with Crippen molar-refractivity contribution in [2.75, 3.05) is 13.1 Å². The molecular weight excluding hydrogens is 186 g/mol. The molecule has 15 heavy (non-hydrogen) atoms. The number of nitrogens with one attached hydrogen (secondary N) is 2. The maximum atomic E-state index is 4.10. The SMILES string of the molecule is Cc1cnccc1CNC1CCNCC1. The summed E-state index contributed by atoms with van der Waals surface area (Å²) in [6, 6.07) is 2.78. The van der Waals surface area contributed by atoms with Gasteiger partial charge in [-0.25, -0.2) is 0 Å². The molecule has 1 saturated heterocycles. The van der Waals surface area contributed by atoms with Crippen molar-refractivity contribution in [2.24, 2.45) is 0 Å². The van der Waals surface area contributed by atoms with Crippen LogP contribution in [-0.4, -0.2) is 24.1 Å². The summed E-state index contributed by atoms with van der Waals surface area (Å²) in [5.41, 5.74) is 2.64. The van der Waals surface area contributed by atoms with Crippen LogP contribution in [0.4, 0.5) is 0 Å². The Morgan fingerprint density at radius 1 is 1.47 bits per heavy atom. The van der Waals surface area contributed by atoms with Crippen LogP contribution in [-0.2, 0) is 6.54 Å². The van der Waals surface area contributed by atoms with Crippen molar-refractivity contribution >= 4 is 0 Å². The lowest BCUT2D eigenvalue weighted by molar-refractivity contribution is 0.386. The Balaban J connectivity index is 1.84. The van der Waals surface area contributed by atoms with Gasteiger partial charge in [-0.1, -0.05) is 0 Å². The topological polar surface area (TPSA) is 37.0 Å². The van der Waals surface area contributed by atoms with Crippen LogP contribution >= 0.6 is 0 Å². The second kappa shape index (κ2) is 5.24. The fourth-order valence-electron chi connectivity index (χ4n) is 1.98. The molecule has 0 saturated carbocycles. The second-order valence-corrected chi connectivity index (χ2v) is 4.21. The minimum Gasteiger partial charge on any atom is -0.317 e. The highest BCUT2D eigenvalue weighted by Gasteiger charge is 2.11. The summed E-state index contributed by atoms with van der Waals surface area (Å²) in [5.74, 6) is 0. The molecule has 2 N–H and O–H groups in total. The number of nitrogens with zero attached hydrogens (tertiary/aromatic N) is 1. The third-order valence-electron chi connectivity index (χ3n) is 3.06. The Morgan fingerprint density at radius 2 is 2.27 bits per heavy atom. The molecule has 82 valence electrons. The molecule has 0 atom stereocenters. The van der Waals surface area contributed by atoms with Crippen LogP contribution < -0.4 is 10.6 Å². The standard InChI is InChI=1S/C12H19N3/c1-10-8-14-5-2-11(10)9-15-12-3-6-13-7-4-12/h2,5,8,12-13,15H,3-4,6-7,9H2,1H3. The van der Waals surface area contributed by atoms with Gasteiger partial charge < -0.3 is 10.6 Å². The van der Waals surface area contributed by atoms with Crippen molar-refractivity contribution in [3.05, 3.63) is 29.6 Å². The van der Waals surface area contributed by atoms with E-state index < -0.39 is 0 Å². The van der Waals surface area contributed by atoms with Crippen LogP contribution in [0.5, 0.6) is 0 Å². The van der Waals surface area contributed by atoms with Gasteiger partial charge in [0.15, 0.2) is 0 Å². The Hall–Kier alpha value is -0.930. The minimum absolute atomic E-state index is 0.679. The van der Waals surface area contributed by atoms with E-state index in [2.05, 4.69) is 28.6 Å². The van der Waals surface area contributed by atoms with Crippen molar-refractivity contribution in [3.63, 3.8) is 0 Å². The van der Waals surface area contributed by atoms with Crippen LogP contribution in [0, 0.1) is 6.92 Å². The molecule has 1 aromatic rings. The average molecular weight is 205 g/mol. The van der Waals surface area contributed by atoms with E-state index in [0.717, 1.165) is 19.6 Å². The lowest BCUT2D eigenvalue weighted by Gasteiger charge is -2.24. The van der Waals surface area contributed by atoms with Crippen LogP contribution in [0.3, 0.4) is 0 Å². The first-order chi connectivity index (χ1) is 7.36. The largest absolute Gasteiger partial charge is 0.317 e. The lowest BCUT2D eigenvalue weighted by Crippen LogP contribution is -2.39. The van der Waals surface area contributed by atoms with Crippen molar-refractivity contribution in [2.45, 2.75) is 32.4 Å². The molecule has 0 bridgehead atoms. The third-order valence-corrected chi connectivity index (χ3v) is 3.06. The van der Waals surface area contributed by atoms with Crippen molar-refractivity contribution in [1.82, 2.24) is 15.6 Å². The number of hydrogen-bond donors (Lipinski definition) is 2. The van der Waals surface area contributed by atoms with Crippen molar-refractivity contribution in [3.8, 4) is 0 Å². The molecule has 0 spiro atoms. The number of piperidine rings is 1. The number of rotatable bonds is 3. The van der Waals surface area contributed by atoms with Crippen LogP contribution in [0.25, 0.3) is 0 Å². The molecule has 3 nitrogen and oxygen atoms in total. The maximum Gasteiger partial charge on any atom is 0.0300 e. The molecule has 0 amide bonds. The summed E-state index contributed by atoms with van der Waals surface area (Å²) in [5, 5.41) is 6.99. The highest BCUT2D eigenvalue weighted by molar-refractivity contribution is 5.21. The van der Waals surface area contributed by atoms with Gasteiger partial charge in [0.1, 0.15) is 0 Å². The minimum atomic E-state index is 0.679. The first kappa shape index (κ1) is 10.6. The molecule has 1 aliphatic heterocycles. The quantitative estimate of drug-likeness (QED) is 0.779. The molecular formula is C12H19N3. The Bertz CT molecular complexity index is 305. The summed E-state index contributed by atoms with van der Waals surface area (Å²) in [4.78, 5) is 4.10. The summed E-state index contributed by atoms with van der Waals surface area (Å²) >= 11 is 0. The average Bonchev–Trinajstić information content (AvgIpc) is 2.29. The van der Waals surface area contributed by atoms with E-state index in [9.17, 15) is 0 Å². The van der Waals surface area contributed by atoms with Crippen LogP contribution in [0.15, 0.2) is 18.5 Å². The fraction of sp³-hybridized carbons (Fsp3) is 0.583. The van der Waals surface area contributed by atoms with E-state index in [1.54, 1.807) is 0 Å². The summed E-state index contributed by atoms with van der Waals surface area (Å²) in [6.07, 6.45) is 6.28. The zero-order chi connectivity index (χ0) is 10.5. The van der Waals surface area contributed by atoms with Gasteiger partial charge >= 0.3 is 0 Å². The highest BCUT2D eigenvalue weighted by Crippen LogP contribution is 2.07. The molecule has 0 aromatic carbocycles. The number of hydrogen-bond acceptors (Lipinski definition) is 3. The summed E-state index contributed by atoms with van der Waals surface area (Å²) in [7, 11) is 0. The third kappa shape index (κ3) is 3.01. The van der Waals surface area contributed by atoms with Gasteiger partial charge in [0.25, 0.3) is 0 Å². The van der Waals surface area contributed by atoms with Gasteiger partial charge in [-0.3, -0.25) is 4.98 Å². The summed E-state index contributed by atoms with van der Waals surface area (Å²) in [6.45, 7) is 5.38. The predicted molar refractivity (Wildman–Crippen MR) is 61.7 cm³/mol. The Kier molecular flexibility index (Phi) is 3.69. The van der Waals surface area contributed by atoms with Crippen LogP contribution in [0.1, 0.15) is 24.0 Å². The van der Waals surface area contributed by atoms with Crippen molar-refractivity contribution < 1.29 is 0 Å². The van der Waals surface area contributed by atoms with Gasteiger partial charge in [0.05, 0.1) is 0 Å². The van der Waals surface area contributed by atoms with Crippen LogP contribution in [0.2, 0.25) is 0 Å². The first-order valence-corrected chi connectivity index (χ1v) is 5.70. The summed E-state index contributed by atoms with van der Waals surface area (Å²) < 4.78 is 0. The lowest BCUT2D eigenvalue weighted by atomic mass is 10.1. The molecule has 0 unspecified atom stereocenters. The highest BCUT2D eigenvalue weighted by atomic mass is 15.0. The monoisotopic (exact) mass is 205 g/mol. The molecule has 0 radical (unpaired) electrons. The predicted octanol–water partition coefficient (Wildman–Crippen LogP) is 1.23. The van der Waals surface area contributed by atoms with Crippen molar-refractivity contribution in [1.29, 1.82) is 0 Å². The van der Waals surface area contributed by atoms with Gasteiger partial charge in [0.2, 0.25) is 0 Å². The smallest absolute Gasteiger partial charge is 0.0300 e. The molecule has 1 aromatic heterocycles. The Labute approximate surface area is 91.3 Å². The van der Waals surface area contributed by atoms with Gasteiger partial charge in [-0.2, -0.15) is 0 Å². The van der Waals surface area contributed by atoms with E-state index >= 15 is 0 Å². The van der Waals surface area contributed by atoms with E-state index in [1.807, 2.05) is 12.4 Å². The van der Waals surface area contributed by atoms with Gasteiger partial charge in [0, 0.05) is 25.0 Å². The normalized spacial score (nSPS) is 17.9. The molecule has 2 rings (SSSR count). The van der Waals surface area contributed by atoms with E-state index in [4.69, 9.17) is 0 Å². The van der Waals surface area contributed by atoms with Gasteiger partial charge in [-0.15, -0.1) is 0 Å². The fourth-order valence-corrected chi connectivity index (χ4v) is 1.98. The number of aromatic nitrogens is 1. The Morgan fingerprint density at radius 3 is 3.00 bits per heavy atom. The second-order valence-electron chi connectivity index (χ2n) is 4.21. The first-order valence-electron chi connectivity index (χ1n) is 5.70. The molecule has 1 fully saturated rings. The number of pyridine rings is 1. The zero-order valence-electron chi connectivity index (χ0n) is 9.29.